The molecule has 0 unspecified atom stereocenters. The van der Waals surface area contributed by atoms with Gasteiger partial charge in [-0.1, -0.05) is 0 Å². The van der Waals surface area contributed by atoms with E-state index in [0.717, 1.165) is 4.90 Å². The molecule has 2 heterocycles. The maximum absolute atomic E-state index is 12.7. The molecule has 0 aliphatic carbocycles. The van der Waals surface area contributed by atoms with Crippen molar-refractivity contribution in [1.82, 2.24) is 4.90 Å². The predicted molar refractivity (Wildman–Crippen MR) is 91.1 cm³/mol. The number of esters is 1. The molecule has 0 bridgehead atoms. The number of anilines is 1. The van der Waals surface area contributed by atoms with E-state index in [1.54, 1.807) is 24.0 Å². The zero-order valence-electron chi connectivity index (χ0n) is 13.5. The van der Waals surface area contributed by atoms with Gasteiger partial charge in [-0.05, 0) is 38.0 Å². The molecule has 1 aromatic rings. The first-order valence-corrected chi connectivity index (χ1v) is 9.09. The maximum atomic E-state index is 12.7. The van der Waals surface area contributed by atoms with E-state index in [2.05, 4.69) is 5.32 Å². The fourth-order valence-corrected chi connectivity index (χ4v) is 3.77. The highest BCUT2D eigenvalue weighted by molar-refractivity contribution is 8.00. The van der Waals surface area contributed by atoms with Crippen LogP contribution < -0.4 is 5.32 Å². The molecular formula is C17H20N2O4S. The van der Waals surface area contributed by atoms with Crippen LogP contribution in [0.15, 0.2) is 23.1 Å². The second kappa shape index (κ2) is 7.25. The monoisotopic (exact) mass is 348 g/mol. The molecule has 0 aromatic heterocycles. The molecule has 2 aliphatic heterocycles. The number of nitrogens with zero attached hydrogens (tertiary/aromatic N) is 1. The Morgan fingerprint density at radius 1 is 1.33 bits per heavy atom. The Balaban J connectivity index is 1.64. The summed E-state index contributed by atoms with van der Waals surface area (Å²) < 4.78 is 5.05. The second-order valence-electron chi connectivity index (χ2n) is 5.87. The summed E-state index contributed by atoms with van der Waals surface area (Å²) in [5, 5.41) is 2.80. The molecule has 1 saturated heterocycles. The summed E-state index contributed by atoms with van der Waals surface area (Å²) >= 11 is 1.47. The summed E-state index contributed by atoms with van der Waals surface area (Å²) in [4.78, 5) is 38.7. The van der Waals surface area contributed by atoms with Gasteiger partial charge in [0.2, 0.25) is 5.91 Å². The lowest BCUT2D eigenvalue weighted by atomic mass is 9.96. The second-order valence-corrected chi connectivity index (χ2v) is 6.88. The first-order chi connectivity index (χ1) is 11.6. The molecule has 0 radical (unpaired) electrons. The van der Waals surface area contributed by atoms with Gasteiger partial charge in [-0.3, -0.25) is 14.4 Å². The number of likely N-dealkylation sites (tertiary alicyclic amines) is 1. The summed E-state index contributed by atoms with van der Waals surface area (Å²) in [6.07, 6.45) is 1.25. The minimum atomic E-state index is -0.168. The minimum absolute atomic E-state index is 0.0488. The van der Waals surface area contributed by atoms with Crippen molar-refractivity contribution in [3.63, 3.8) is 0 Å². The number of fused-ring (bicyclic) bond motifs is 1. The van der Waals surface area contributed by atoms with Gasteiger partial charge in [-0.15, -0.1) is 11.8 Å². The number of thioether (sulfide) groups is 1. The van der Waals surface area contributed by atoms with E-state index < -0.39 is 0 Å². The number of benzene rings is 1. The number of hydrogen-bond donors (Lipinski definition) is 1. The molecule has 24 heavy (non-hydrogen) atoms. The van der Waals surface area contributed by atoms with E-state index >= 15 is 0 Å². The standard InChI is InChI=1S/C17H20N2O4S/c1-2-23-17(22)11-5-7-19(8-6-11)16(21)12-3-4-14-13(9-12)18-15(20)10-24-14/h3-4,9,11H,2,5-8,10H2,1H3,(H,18,20). The van der Waals surface area contributed by atoms with Crippen LogP contribution in [0.2, 0.25) is 0 Å². The summed E-state index contributed by atoms with van der Waals surface area (Å²) in [6.45, 7) is 3.27. The molecule has 0 atom stereocenters. The van der Waals surface area contributed by atoms with Gasteiger partial charge in [0.15, 0.2) is 0 Å². The number of rotatable bonds is 3. The number of carbonyl (C=O) groups is 3. The van der Waals surface area contributed by atoms with Gasteiger partial charge >= 0.3 is 5.97 Å². The number of piperidine rings is 1. The van der Waals surface area contributed by atoms with Crippen molar-refractivity contribution in [3.05, 3.63) is 23.8 Å². The van der Waals surface area contributed by atoms with Gasteiger partial charge in [0.1, 0.15) is 0 Å². The Morgan fingerprint density at radius 2 is 2.08 bits per heavy atom. The Morgan fingerprint density at radius 3 is 2.79 bits per heavy atom. The van der Waals surface area contributed by atoms with Crippen LogP contribution in [0.1, 0.15) is 30.1 Å². The quantitative estimate of drug-likeness (QED) is 0.847. The van der Waals surface area contributed by atoms with Crippen molar-refractivity contribution >= 4 is 35.2 Å². The number of amides is 2. The average molecular weight is 348 g/mol. The largest absolute Gasteiger partial charge is 0.466 e. The van der Waals surface area contributed by atoms with E-state index in [1.807, 2.05) is 6.07 Å². The molecule has 6 nitrogen and oxygen atoms in total. The van der Waals surface area contributed by atoms with E-state index in [4.69, 9.17) is 4.74 Å². The molecule has 0 spiro atoms. The average Bonchev–Trinajstić information content (AvgIpc) is 2.60. The molecule has 3 rings (SSSR count). The number of nitrogens with one attached hydrogen (secondary N) is 1. The predicted octanol–water partition coefficient (Wildman–Crippen LogP) is 2.15. The van der Waals surface area contributed by atoms with Crippen LogP contribution in [-0.2, 0) is 14.3 Å². The minimum Gasteiger partial charge on any atom is -0.466 e. The Labute approximate surface area is 144 Å². The van der Waals surface area contributed by atoms with Crippen molar-refractivity contribution in [1.29, 1.82) is 0 Å². The molecule has 1 fully saturated rings. The smallest absolute Gasteiger partial charge is 0.309 e. The van der Waals surface area contributed by atoms with Crippen LogP contribution in [0.25, 0.3) is 0 Å². The SMILES string of the molecule is CCOC(=O)C1CCN(C(=O)c2ccc3c(c2)NC(=O)CS3)CC1. The van der Waals surface area contributed by atoms with E-state index in [9.17, 15) is 14.4 Å². The fourth-order valence-electron chi connectivity index (χ4n) is 2.98. The van der Waals surface area contributed by atoms with Crippen LogP contribution in [0.3, 0.4) is 0 Å². The van der Waals surface area contributed by atoms with Crippen LogP contribution >= 0.6 is 11.8 Å². The first-order valence-electron chi connectivity index (χ1n) is 8.11. The molecule has 2 aliphatic rings. The molecular weight excluding hydrogens is 328 g/mol. The summed E-state index contributed by atoms with van der Waals surface area (Å²) in [5.74, 6) is 0.00500. The highest BCUT2D eigenvalue weighted by Gasteiger charge is 2.29. The zero-order valence-corrected chi connectivity index (χ0v) is 14.4. The molecule has 2 amide bonds. The number of carbonyl (C=O) groups excluding carboxylic acids is 3. The maximum Gasteiger partial charge on any atom is 0.309 e. The summed E-state index contributed by atoms with van der Waals surface area (Å²) in [5.41, 5.74) is 1.26. The van der Waals surface area contributed by atoms with Crippen molar-refractivity contribution in [3.8, 4) is 0 Å². The van der Waals surface area contributed by atoms with E-state index in [0.29, 0.717) is 49.5 Å². The highest BCUT2D eigenvalue weighted by atomic mass is 32.2. The van der Waals surface area contributed by atoms with Gasteiger partial charge in [0, 0.05) is 23.5 Å². The molecule has 0 saturated carbocycles. The molecule has 1 aromatic carbocycles. The lowest BCUT2D eigenvalue weighted by Gasteiger charge is -2.31. The van der Waals surface area contributed by atoms with Crippen LogP contribution in [-0.4, -0.2) is 48.1 Å². The van der Waals surface area contributed by atoms with E-state index in [1.165, 1.54) is 11.8 Å². The van der Waals surface area contributed by atoms with Gasteiger partial charge in [0.05, 0.1) is 24.0 Å². The third-order valence-corrected chi connectivity index (χ3v) is 5.33. The van der Waals surface area contributed by atoms with E-state index in [-0.39, 0.29) is 23.7 Å². The van der Waals surface area contributed by atoms with Gasteiger partial charge < -0.3 is 15.0 Å². The third-order valence-electron chi connectivity index (χ3n) is 4.26. The van der Waals surface area contributed by atoms with Crippen LogP contribution in [0.4, 0.5) is 5.69 Å². The number of ether oxygens (including phenoxy) is 1. The van der Waals surface area contributed by atoms with Crippen molar-refractivity contribution in [2.24, 2.45) is 5.92 Å². The lowest BCUT2D eigenvalue weighted by molar-refractivity contribution is -0.149. The summed E-state index contributed by atoms with van der Waals surface area (Å²) in [7, 11) is 0. The highest BCUT2D eigenvalue weighted by Crippen LogP contribution is 2.32. The van der Waals surface area contributed by atoms with Gasteiger partial charge in [0.25, 0.3) is 5.91 Å². The Hall–Kier alpha value is -2.02. The number of hydrogen-bond acceptors (Lipinski definition) is 5. The fraction of sp³-hybridized carbons (Fsp3) is 0.471. The van der Waals surface area contributed by atoms with Crippen LogP contribution in [0.5, 0.6) is 0 Å². The Bertz CT molecular complexity index is 669. The first kappa shape index (κ1) is 16.8. The van der Waals surface area contributed by atoms with Gasteiger partial charge in [-0.2, -0.15) is 0 Å². The Kier molecular flexibility index (Phi) is 5.08. The summed E-state index contributed by atoms with van der Waals surface area (Å²) in [6, 6.07) is 5.40. The molecule has 128 valence electrons. The van der Waals surface area contributed by atoms with Crippen molar-refractivity contribution in [2.45, 2.75) is 24.7 Å². The van der Waals surface area contributed by atoms with Gasteiger partial charge in [-0.25, -0.2) is 0 Å². The molecule has 1 N–H and O–H groups in total. The van der Waals surface area contributed by atoms with Crippen LogP contribution in [0, 0.1) is 5.92 Å². The van der Waals surface area contributed by atoms with Crippen molar-refractivity contribution < 1.29 is 19.1 Å². The lowest BCUT2D eigenvalue weighted by Crippen LogP contribution is -2.40. The van der Waals surface area contributed by atoms with Crippen molar-refractivity contribution in [2.75, 3.05) is 30.8 Å². The zero-order chi connectivity index (χ0) is 17.1. The normalized spacial score (nSPS) is 17.9. The third kappa shape index (κ3) is 3.56. The molecule has 7 heteroatoms. The topological polar surface area (TPSA) is 75.7 Å².